The average molecular weight is 775 g/mol. The van der Waals surface area contributed by atoms with Gasteiger partial charge in [-0.2, -0.15) is 0 Å². The SMILES string of the molecule is Cc1cc(C[C@@H]2CN(C(=O)OC(C)(C)C)C[C@@H]2OCCN(C(=O)OC(C)(C)C)C2CC2c2cccc(F)c2)nc(N(Cc2ccccc2)C(=O)OC(C)(C)C)c1. The van der Waals surface area contributed by atoms with E-state index in [2.05, 4.69) is 0 Å². The van der Waals surface area contributed by atoms with Gasteiger partial charge in [-0.15, -0.1) is 0 Å². The second-order valence-corrected chi connectivity index (χ2v) is 17.9. The van der Waals surface area contributed by atoms with Gasteiger partial charge in [0.2, 0.25) is 0 Å². The van der Waals surface area contributed by atoms with Gasteiger partial charge in [-0.25, -0.2) is 23.8 Å². The van der Waals surface area contributed by atoms with Crippen LogP contribution >= 0.6 is 0 Å². The number of aromatic nitrogens is 1. The molecule has 5 rings (SSSR count). The molecule has 2 heterocycles. The van der Waals surface area contributed by atoms with Gasteiger partial charge in [0.15, 0.2) is 0 Å². The number of aryl methyl sites for hydroxylation is 1. The van der Waals surface area contributed by atoms with Crippen LogP contribution < -0.4 is 4.90 Å². The van der Waals surface area contributed by atoms with Crippen molar-refractivity contribution in [2.24, 2.45) is 5.92 Å². The smallest absolute Gasteiger partial charge is 0.416 e. The fourth-order valence-corrected chi connectivity index (χ4v) is 6.89. The third-order valence-electron chi connectivity index (χ3n) is 9.31. The number of carbonyl (C=O) groups is 3. The summed E-state index contributed by atoms with van der Waals surface area (Å²) in [7, 11) is 0. The van der Waals surface area contributed by atoms with Crippen LogP contribution in [0.3, 0.4) is 0 Å². The first-order chi connectivity index (χ1) is 26.1. The third-order valence-corrected chi connectivity index (χ3v) is 9.31. The molecule has 3 aromatic rings. The van der Waals surface area contributed by atoms with Crippen molar-refractivity contribution in [2.45, 2.75) is 123 Å². The number of carbonyl (C=O) groups excluding carboxylic acids is 3. The summed E-state index contributed by atoms with van der Waals surface area (Å²) in [4.78, 5) is 50.3. The molecule has 0 N–H and O–H groups in total. The van der Waals surface area contributed by atoms with Gasteiger partial charge in [0, 0.05) is 36.7 Å². The molecular formula is C44H59FN4O7. The molecule has 1 aliphatic carbocycles. The van der Waals surface area contributed by atoms with Crippen LogP contribution in [0, 0.1) is 18.7 Å². The van der Waals surface area contributed by atoms with E-state index < -0.39 is 41.2 Å². The predicted octanol–water partition coefficient (Wildman–Crippen LogP) is 9.06. The number of nitrogens with zero attached hydrogens (tertiary/aromatic N) is 4. The topological polar surface area (TPSA) is 111 Å². The first-order valence-electron chi connectivity index (χ1n) is 19.5. The number of ether oxygens (including phenoxy) is 4. The summed E-state index contributed by atoms with van der Waals surface area (Å²) in [6.07, 6.45) is -0.660. The number of likely N-dealkylation sites (tertiary alicyclic amines) is 1. The van der Waals surface area contributed by atoms with Crippen LogP contribution in [0.5, 0.6) is 0 Å². The lowest BCUT2D eigenvalue weighted by molar-refractivity contribution is -0.00292. The second kappa shape index (κ2) is 17.2. The molecule has 0 bridgehead atoms. The summed E-state index contributed by atoms with van der Waals surface area (Å²) in [6, 6.07) is 19.9. The first-order valence-corrected chi connectivity index (χ1v) is 19.5. The number of benzene rings is 2. The monoisotopic (exact) mass is 774 g/mol. The highest BCUT2D eigenvalue weighted by Crippen LogP contribution is 2.45. The van der Waals surface area contributed by atoms with Crippen molar-refractivity contribution in [2.75, 3.05) is 31.1 Å². The molecule has 4 atom stereocenters. The Kier molecular flexibility index (Phi) is 13.0. The Morgan fingerprint density at radius 3 is 2.12 bits per heavy atom. The Morgan fingerprint density at radius 1 is 0.821 bits per heavy atom. The molecule has 1 saturated heterocycles. The number of amides is 3. The fourth-order valence-electron chi connectivity index (χ4n) is 6.89. The van der Waals surface area contributed by atoms with Crippen molar-refractivity contribution in [1.82, 2.24) is 14.8 Å². The van der Waals surface area contributed by atoms with Crippen LogP contribution in [0.2, 0.25) is 0 Å². The maximum absolute atomic E-state index is 14.1. The normalized spacial score (nSPS) is 19.7. The minimum absolute atomic E-state index is 0.0103. The fraction of sp³-hybridized carbons (Fsp3) is 0.545. The molecule has 2 aromatic carbocycles. The molecular weight excluding hydrogens is 716 g/mol. The molecule has 2 aliphatic rings. The van der Waals surface area contributed by atoms with Crippen molar-refractivity contribution in [3.63, 3.8) is 0 Å². The zero-order chi connectivity index (χ0) is 41.0. The quantitative estimate of drug-likeness (QED) is 0.178. The van der Waals surface area contributed by atoms with Crippen LogP contribution in [0.4, 0.5) is 24.6 Å². The maximum Gasteiger partial charge on any atom is 0.416 e. The highest BCUT2D eigenvalue weighted by molar-refractivity contribution is 5.86. The standard InChI is InChI=1S/C44H59FN4O7/c1-29-21-34(46-38(22-29)49(41(52)56-44(8,9)10)26-30-15-12-11-13-16-30)24-32-27-47(39(50)54-42(2,3)4)28-37(32)53-20-19-48(40(51)55-43(5,6)7)36-25-35(36)31-17-14-18-33(45)23-31/h11-18,21-23,32,35-37H,19-20,24-28H2,1-10H3/t32-,35?,36?,37+/m1/s1. The van der Waals surface area contributed by atoms with Crippen LogP contribution in [-0.2, 0) is 31.9 Å². The highest BCUT2D eigenvalue weighted by atomic mass is 19.1. The summed E-state index contributed by atoms with van der Waals surface area (Å²) >= 11 is 0. The van der Waals surface area contributed by atoms with Crippen LogP contribution in [0.1, 0.15) is 97.0 Å². The zero-order valence-corrected chi connectivity index (χ0v) is 34.6. The lowest BCUT2D eigenvalue weighted by Crippen LogP contribution is -2.41. The van der Waals surface area contributed by atoms with Gasteiger partial charge in [0.25, 0.3) is 0 Å². The summed E-state index contributed by atoms with van der Waals surface area (Å²) in [6.45, 7) is 19.8. The Morgan fingerprint density at radius 2 is 1.48 bits per heavy atom. The number of pyridine rings is 1. The number of halogens is 1. The van der Waals surface area contributed by atoms with E-state index in [4.69, 9.17) is 23.9 Å². The Balaban J connectivity index is 1.36. The number of hydrogen-bond acceptors (Lipinski definition) is 8. The summed E-state index contributed by atoms with van der Waals surface area (Å²) in [5.41, 5.74) is 1.32. The van der Waals surface area contributed by atoms with Gasteiger partial charge < -0.3 is 28.7 Å². The molecule has 56 heavy (non-hydrogen) atoms. The van der Waals surface area contributed by atoms with Crippen LogP contribution in [0.25, 0.3) is 0 Å². The van der Waals surface area contributed by atoms with Crippen LogP contribution in [-0.4, -0.2) is 88.3 Å². The van der Waals surface area contributed by atoms with E-state index in [1.54, 1.807) is 20.8 Å². The molecule has 0 spiro atoms. The zero-order valence-electron chi connectivity index (χ0n) is 34.6. The van der Waals surface area contributed by atoms with E-state index >= 15 is 0 Å². The number of anilines is 1. The van der Waals surface area contributed by atoms with E-state index in [1.165, 1.54) is 12.1 Å². The Labute approximate surface area is 331 Å². The van der Waals surface area contributed by atoms with Gasteiger partial charge in [0.05, 0.1) is 25.8 Å². The lowest BCUT2D eigenvalue weighted by atomic mass is 9.98. The molecule has 2 fully saturated rings. The maximum atomic E-state index is 14.1. The van der Waals surface area contributed by atoms with Crippen molar-refractivity contribution in [1.29, 1.82) is 0 Å². The third kappa shape index (κ3) is 12.4. The summed E-state index contributed by atoms with van der Waals surface area (Å²) in [5, 5.41) is 0. The number of rotatable bonds is 11. The molecule has 1 aliphatic heterocycles. The van der Waals surface area contributed by atoms with E-state index in [0.717, 1.165) is 22.4 Å². The van der Waals surface area contributed by atoms with Crippen LogP contribution in [0.15, 0.2) is 66.7 Å². The molecule has 11 nitrogen and oxygen atoms in total. The average Bonchev–Trinajstić information content (AvgIpc) is 3.76. The highest BCUT2D eigenvalue weighted by Gasteiger charge is 2.46. The molecule has 0 radical (unpaired) electrons. The van der Waals surface area contributed by atoms with Crippen molar-refractivity contribution in [3.8, 4) is 0 Å². The molecule has 12 heteroatoms. The van der Waals surface area contributed by atoms with Gasteiger partial charge >= 0.3 is 18.3 Å². The first kappa shape index (κ1) is 42.4. The van der Waals surface area contributed by atoms with E-state index in [1.807, 2.05) is 118 Å². The molecule has 304 valence electrons. The summed E-state index contributed by atoms with van der Waals surface area (Å²) in [5.74, 6) is -0.0394. The molecule has 1 saturated carbocycles. The van der Waals surface area contributed by atoms with Gasteiger partial charge in [-0.3, -0.25) is 4.90 Å². The van der Waals surface area contributed by atoms with Crippen molar-refractivity contribution >= 4 is 24.1 Å². The summed E-state index contributed by atoms with van der Waals surface area (Å²) < 4.78 is 38.0. The molecule has 1 aromatic heterocycles. The molecule has 3 amide bonds. The van der Waals surface area contributed by atoms with E-state index in [-0.39, 0.29) is 49.9 Å². The van der Waals surface area contributed by atoms with E-state index in [0.29, 0.717) is 25.2 Å². The minimum Gasteiger partial charge on any atom is -0.444 e. The van der Waals surface area contributed by atoms with Gasteiger partial charge in [0.1, 0.15) is 28.4 Å². The van der Waals surface area contributed by atoms with Gasteiger partial charge in [-0.05, 0) is 123 Å². The lowest BCUT2D eigenvalue weighted by Gasteiger charge is -2.29. The van der Waals surface area contributed by atoms with Gasteiger partial charge in [-0.1, -0.05) is 42.5 Å². The Bertz CT molecular complexity index is 1840. The second-order valence-electron chi connectivity index (χ2n) is 17.9. The Hall–Kier alpha value is -4.71. The predicted molar refractivity (Wildman–Crippen MR) is 213 cm³/mol. The minimum atomic E-state index is -0.711. The number of hydrogen-bond donors (Lipinski definition) is 0. The van der Waals surface area contributed by atoms with Crippen molar-refractivity contribution < 1.29 is 37.7 Å². The van der Waals surface area contributed by atoms with Crippen molar-refractivity contribution in [3.05, 3.63) is 94.9 Å². The van der Waals surface area contributed by atoms with E-state index in [9.17, 15) is 18.8 Å². The largest absolute Gasteiger partial charge is 0.444 e. The molecule has 2 unspecified atom stereocenters.